The van der Waals surface area contributed by atoms with Crippen LogP contribution < -0.4 is 5.32 Å². The van der Waals surface area contributed by atoms with Gasteiger partial charge in [0.2, 0.25) is 0 Å². The van der Waals surface area contributed by atoms with E-state index in [1.165, 1.54) is 9.13 Å². The van der Waals surface area contributed by atoms with Gasteiger partial charge in [-0.1, -0.05) is 12.1 Å². The van der Waals surface area contributed by atoms with Gasteiger partial charge in [0.1, 0.15) is 0 Å². The number of nitrogens with one attached hydrogen (secondary N) is 1. The third kappa shape index (κ3) is 3.62. The fourth-order valence-corrected chi connectivity index (χ4v) is 1.51. The lowest BCUT2D eigenvalue weighted by molar-refractivity contribution is 0.286. The predicted octanol–water partition coefficient (Wildman–Crippen LogP) is 1.93. The first-order valence-corrected chi connectivity index (χ1v) is 5.41. The summed E-state index contributed by atoms with van der Waals surface area (Å²) in [6, 6.07) is 8.71. The summed E-state index contributed by atoms with van der Waals surface area (Å²) in [6.45, 7) is 2.93. The maximum atomic E-state index is 8.64. The Labute approximate surface area is 92.5 Å². The van der Waals surface area contributed by atoms with Gasteiger partial charge in [-0.3, -0.25) is 0 Å². The van der Waals surface area contributed by atoms with Gasteiger partial charge < -0.3 is 10.4 Å². The number of benzene rings is 1. The van der Waals surface area contributed by atoms with Crippen LogP contribution in [0.1, 0.15) is 18.5 Å². The van der Waals surface area contributed by atoms with Crippen LogP contribution in [0.25, 0.3) is 0 Å². The Morgan fingerprint density at radius 1 is 1.38 bits per heavy atom. The van der Waals surface area contributed by atoms with Crippen LogP contribution in [0.4, 0.5) is 0 Å². The highest BCUT2D eigenvalue weighted by Crippen LogP contribution is 2.13. The largest absolute Gasteiger partial charge is 0.395 e. The minimum absolute atomic E-state index is 0.189. The maximum absolute atomic E-state index is 8.64. The molecule has 0 fully saturated rings. The lowest BCUT2D eigenvalue weighted by Crippen LogP contribution is -2.21. The number of hydrogen-bond acceptors (Lipinski definition) is 2. The van der Waals surface area contributed by atoms with Crippen LogP contribution in [0.5, 0.6) is 0 Å². The Morgan fingerprint density at radius 2 is 2.00 bits per heavy atom. The molecule has 2 N–H and O–H groups in total. The Morgan fingerprint density at radius 3 is 2.54 bits per heavy atom. The maximum Gasteiger partial charge on any atom is 0.0556 e. The van der Waals surface area contributed by atoms with Crippen LogP contribution in [0.15, 0.2) is 24.3 Å². The van der Waals surface area contributed by atoms with Crippen molar-refractivity contribution < 1.29 is 5.11 Å². The van der Waals surface area contributed by atoms with Crippen molar-refractivity contribution in [3.8, 4) is 0 Å². The van der Waals surface area contributed by atoms with E-state index in [1.54, 1.807) is 0 Å². The van der Waals surface area contributed by atoms with E-state index in [0.29, 0.717) is 12.6 Å². The molecule has 13 heavy (non-hydrogen) atoms. The van der Waals surface area contributed by atoms with Gasteiger partial charge in [-0.25, -0.2) is 0 Å². The van der Waals surface area contributed by atoms with Crippen LogP contribution in [0.3, 0.4) is 0 Å². The molecule has 0 saturated heterocycles. The van der Waals surface area contributed by atoms with E-state index in [1.807, 2.05) is 0 Å². The van der Waals surface area contributed by atoms with E-state index in [9.17, 15) is 0 Å². The fraction of sp³-hybridized carbons (Fsp3) is 0.400. The second-order valence-electron chi connectivity index (χ2n) is 2.95. The van der Waals surface area contributed by atoms with Crippen molar-refractivity contribution >= 4 is 22.6 Å². The average Bonchev–Trinajstić information content (AvgIpc) is 2.15. The summed E-state index contributed by atoms with van der Waals surface area (Å²) in [5.41, 5.74) is 1.26. The van der Waals surface area contributed by atoms with Crippen molar-refractivity contribution in [2.75, 3.05) is 13.2 Å². The lowest BCUT2D eigenvalue weighted by atomic mass is 10.1. The van der Waals surface area contributed by atoms with E-state index in [0.717, 1.165) is 0 Å². The predicted molar refractivity (Wildman–Crippen MR) is 62.7 cm³/mol. The minimum Gasteiger partial charge on any atom is -0.395 e. The Hall–Kier alpha value is -0.130. The molecule has 1 aromatic rings. The molecule has 0 radical (unpaired) electrons. The second-order valence-corrected chi connectivity index (χ2v) is 4.20. The van der Waals surface area contributed by atoms with Gasteiger partial charge in [-0.05, 0) is 47.2 Å². The number of aliphatic hydroxyl groups is 1. The quantitative estimate of drug-likeness (QED) is 0.831. The monoisotopic (exact) mass is 291 g/mol. The summed E-state index contributed by atoms with van der Waals surface area (Å²) in [5, 5.41) is 11.9. The number of aliphatic hydroxyl groups excluding tert-OH is 1. The van der Waals surface area contributed by atoms with Crippen molar-refractivity contribution in [1.29, 1.82) is 0 Å². The molecule has 0 heterocycles. The summed E-state index contributed by atoms with van der Waals surface area (Å²) >= 11 is 2.29. The third-order valence-corrected chi connectivity index (χ3v) is 2.65. The van der Waals surface area contributed by atoms with Crippen LogP contribution >= 0.6 is 22.6 Å². The van der Waals surface area contributed by atoms with Crippen molar-refractivity contribution in [3.05, 3.63) is 33.4 Å². The molecular weight excluding hydrogens is 277 g/mol. The van der Waals surface area contributed by atoms with Crippen molar-refractivity contribution in [1.82, 2.24) is 5.32 Å². The zero-order valence-corrected chi connectivity index (χ0v) is 9.78. The molecule has 1 atom stereocenters. The highest BCUT2D eigenvalue weighted by Gasteiger charge is 2.02. The smallest absolute Gasteiger partial charge is 0.0556 e. The molecule has 1 aromatic carbocycles. The van der Waals surface area contributed by atoms with Gasteiger partial charge in [0.15, 0.2) is 0 Å². The molecule has 72 valence electrons. The van der Waals surface area contributed by atoms with Gasteiger partial charge in [-0.15, -0.1) is 0 Å². The summed E-state index contributed by atoms with van der Waals surface area (Å²) in [5.74, 6) is 0. The Kier molecular flexibility index (Phi) is 4.69. The number of rotatable bonds is 4. The first-order valence-electron chi connectivity index (χ1n) is 4.33. The van der Waals surface area contributed by atoms with Crippen molar-refractivity contribution in [2.24, 2.45) is 0 Å². The molecule has 0 aliphatic heterocycles. The van der Waals surface area contributed by atoms with Gasteiger partial charge in [0.05, 0.1) is 6.61 Å². The second kappa shape index (κ2) is 5.57. The van der Waals surface area contributed by atoms with Crippen LogP contribution in [-0.2, 0) is 0 Å². The molecule has 0 aliphatic rings. The highest BCUT2D eigenvalue weighted by molar-refractivity contribution is 14.1. The van der Waals surface area contributed by atoms with E-state index >= 15 is 0 Å². The van der Waals surface area contributed by atoms with Gasteiger partial charge >= 0.3 is 0 Å². The number of hydrogen-bond donors (Lipinski definition) is 2. The molecule has 0 spiro atoms. The van der Waals surface area contributed by atoms with E-state index < -0.39 is 0 Å². The lowest BCUT2D eigenvalue weighted by Gasteiger charge is -2.12. The van der Waals surface area contributed by atoms with Gasteiger partial charge in [0, 0.05) is 16.2 Å². The normalized spacial score (nSPS) is 12.8. The third-order valence-electron chi connectivity index (χ3n) is 1.93. The van der Waals surface area contributed by atoms with Gasteiger partial charge in [0.25, 0.3) is 0 Å². The van der Waals surface area contributed by atoms with Crippen molar-refractivity contribution in [3.63, 3.8) is 0 Å². The van der Waals surface area contributed by atoms with Crippen LogP contribution in [0.2, 0.25) is 0 Å². The first-order chi connectivity index (χ1) is 6.24. The van der Waals surface area contributed by atoms with Crippen LogP contribution in [-0.4, -0.2) is 18.3 Å². The summed E-state index contributed by atoms with van der Waals surface area (Å²) < 4.78 is 1.25. The molecule has 0 amide bonds. The molecule has 0 aliphatic carbocycles. The zero-order chi connectivity index (χ0) is 9.68. The Balaban J connectivity index is 2.55. The van der Waals surface area contributed by atoms with E-state index in [2.05, 4.69) is 59.1 Å². The molecule has 0 saturated carbocycles. The molecule has 0 aromatic heterocycles. The first kappa shape index (κ1) is 10.9. The SMILES string of the molecule is C[C@H](NCCO)c1ccc(I)cc1. The standard InChI is InChI=1S/C10H14INO/c1-8(12-6-7-13)9-2-4-10(11)5-3-9/h2-5,8,12-13H,6-7H2,1H3/t8-/m0/s1. The van der Waals surface area contributed by atoms with E-state index in [-0.39, 0.29) is 6.61 Å². The summed E-state index contributed by atoms with van der Waals surface area (Å²) in [4.78, 5) is 0. The molecule has 0 unspecified atom stereocenters. The fourth-order valence-electron chi connectivity index (χ4n) is 1.15. The summed E-state index contributed by atoms with van der Waals surface area (Å²) in [6.07, 6.45) is 0. The van der Waals surface area contributed by atoms with Gasteiger partial charge in [-0.2, -0.15) is 0 Å². The molecule has 3 heteroatoms. The van der Waals surface area contributed by atoms with Crippen LogP contribution in [0, 0.1) is 3.57 Å². The molecule has 1 rings (SSSR count). The Bertz CT molecular complexity index is 248. The number of halogens is 1. The minimum atomic E-state index is 0.189. The zero-order valence-electron chi connectivity index (χ0n) is 7.63. The molecule has 2 nitrogen and oxygen atoms in total. The average molecular weight is 291 g/mol. The summed E-state index contributed by atoms with van der Waals surface area (Å²) in [7, 11) is 0. The molecule has 0 bridgehead atoms. The topological polar surface area (TPSA) is 32.3 Å². The van der Waals surface area contributed by atoms with Crippen molar-refractivity contribution in [2.45, 2.75) is 13.0 Å². The highest BCUT2D eigenvalue weighted by atomic mass is 127. The van der Waals surface area contributed by atoms with E-state index in [4.69, 9.17) is 5.11 Å². The molecular formula is C10H14INO.